The van der Waals surface area contributed by atoms with Crippen LogP contribution in [0.2, 0.25) is 0 Å². The molecule has 2 aliphatic heterocycles. The minimum Gasteiger partial charge on any atom is -0.444 e. The second-order valence-corrected chi connectivity index (χ2v) is 9.65. The van der Waals surface area contributed by atoms with Crippen LogP contribution in [0.1, 0.15) is 18.4 Å². The van der Waals surface area contributed by atoms with Crippen molar-refractivity contribution in [2.75, 3.05) is 18.0 Å². The molecule has 29 heavy (non-hydrogen) atoms. The lowest BCUT2D eigenvalue weighted by Crippen LogP contribution is -2.50. The van der Waals surface area contributed by atoms with Crippen molar-refractivity contribution in [3.8, 4) is 0 Å². The first kappa shape index (κ1) is 20.2. The van der Waals surface area contributed by atoms with Gasteiger partial charge in [0.2, 0.25) is 10.0 Å². The van der Waals surface area contributed by atoms with E-state index in [4.69, 9.17) is 4.74 Å². The normalized spacial score (nSPS) is 18.4. The molecule has 0 unspecified atom stereocenters. The highest BCUT2D eigenvalue weighted by Crippen LogP contribution is 2.33. The smallest absolute Gasteiger partial charge is 0.414 e. The Hall–Kier alpha value is -2.04. The van der Waals surface area contributed by atoms with E-state index in [0.717, 1.165) is 21.6 Å². The van der Waals surface area contributed by atoms with Crippen LogP contribution < -0.4 is 4.90 Å². The van der Waals surface area contributed by atoms with Gasteiger partial charge in [-0.05, 0) is 47.0 Å². The number of carbonyl (C=O) groups is 1. The van der Waals surface area contributed by atoms with Gasteiger partial charge in [0.1, 0.15) is 23.1 Å². The molecule has 1 fully saturated rings. The van der Waals surface area contributed by atoms with Crippen molar-refractivity contribution in [2.24, 2.45) is 0 Å². The molecular formula is C19H17BrF2N2O4S. The molecule has 1 saturated heterocycles. The van der Waals surface area contributed by atoms with E-state index in [1.54, 1.807) is 4.90 Å². The SMILES string of the molecule is O=C1OCc2ccccc2N1C1CCN(S(=O)(=O)c2cc(F)c(Br)cc2F)CC1. The number of sulfonamides is 1. The maximum Gasteiger partial charge on any atom is 0.414 e. The van der Waals surface area contributed by atoms with E-state index in [1.807, 2.05) is 24.3 Å². The summed E-state index contributed by atoms with van der Waals surface area (Å²) < 4.78 is 59.8. The van der Waals surface area contributed by atoms with Crippen molar-refractivity contribution in [1.82, 2.24) is 4.31 Å². The van der Waals surface area contributed by atoms with E-state index in [-0.39, 0.29) is 30.2 Å². The van der Waals surface area contributed by atoms with Crippen LogP contribution in [0.5, 0.6) is 0 Å². The summed E-state index contributed by atoms with van der Waals surface area (Å²) in [4.78, 5) is 13.2. The highest BCUT2D eigenvalue weighted by Gasteiger charge is 2.37. The lowest BCUT2D eigenvalue weighted by atomic mass is 10.0. The number of rotatable bonds is 3. The summed E-state index contributed by atoms with van der Waals surface area (Å²) in [6.07, 6.45) is 0.234. The van der Waals surface area contributed by atoms with Crippen LogP contribution in [0.15, 0.2) is 45.8 Å². The van der Waals surface area contributed by atoms with Gasteiger partial charge in [0.15, 0.2) is 0 Å². The Labute approximate surface area is 175 Å². The lowest BCUT2D eigenvalue weighted by molar-refractivity contribution is 0.136. The molecule has 4 rings (SSSR count). The number of cyclic esters (lactones) is 1. The molecule has 2 aromatic carbocycles. The van der Waals surface area contributed by atoms with Gasteiger partial charge in [0.25, 0.3) is 0 Å². The maximum atomic E-state index is 14.2. The monoisotopic (exact) mass is 486 g/mol. The Kier molecular flexibility index (Phi) is 5.34. The molecule has 0 saturated carbocycles. The molecule has 10 heteroatoms. The number of carbonyl (C=O) groups excluding carboxylic acids is 1. The van der Waals surface area contributed by atoms with E-state index in [2.05, 4.69) is 15.9 Å². The van der Waals surface area contributed by atoms with Crippen LogP contribution in [-0.2, 0) is 21.4 Å². The molecule has 154 valence electrons. The Morgan fingerprint density at radius 2 is 1.76 bits per heavy atom. The summed E-state index contributed by atoms with van der Waals surface area (Å²) in [5.41, 5.74) is 1.64. The fourth-order valence-corrected chi connectivity index (χ4v) is 5.55. The fraction of sp³-hybridized carbons (Fsp3) is 0.316. The quantitative estimate of drug-likeness (QED) is 0.614. The average molecular weight is 487 g/mol. The first-order valence-electron chi connectivity index (χ1n) is 8.97. The topological polar surface area (TPSA) is 66.9 Å². The first-order chi connectivity index (χ1) is 13.8. The minimum absolute atomic E-state index is 0.0794. The molecule has 1 amide bonds. The molecule has 0 atom stereocenters. The van der Waals surface area contributed by atoms with Crippen molar-refractivity contribution in [3.63, 3.8) is 0 Å². The van der Waals surface area contributed by atoms with Gasteiger partial charge in [-0.25, -0.2) is 22.0 Å². The van der Waals surface area contributed by atoms with E-state index in [9.17, 15) is 22.0 Å². The third-order valence-corrected chi connectivity index (χ3v) is 7.70. The van der Waals surface area contributed by atoms with Crippen LogP contribution in [0, 0.1) is 11.6 Å². The van der Waals surface area contributed by atoms with Crippen molar-refractivity contribution in [2.45, 2.75) is 30.4 Å². The summed E-state index contributed by atoms with van der Waals surface area (Å²) in [7, 11) is -4.20. The average Bonchev–Trinajstić information content (AvgIpc) is 2.70. The number of fused-ring (bicyclic) bond motifs is 1. The summed E-state index contributed by atoms with van der Waals surface area (Å²) in [5.74, 6) is -1.87. The molecule has 2 heterocycles. The Morgan fingerprint density at radius 3 is 2.48 bits per heavy atom. The summed E-state index contributed by atoms with van der Waals surface area (Å²) in [6, 6.07) is 8.63. The molecule has 0 radical (unpaired) electrons. The molecule has 0 aromatic heterocycles. The summed E-state index contributed by atoms with van der Waals surface area (Å²) in [6.45, 7) is 0.360. The van der Waals surface area contributed by atoms with E-state index >= 15 is 0 Å². The Balaban J connectivity index is 1.54. The molecular weight excluding hydrogens is 470 g/mol. The number of benzene rings is 2. The first-order valence-corrected chi connectivity index (χ1v) is 11.2. The second kappa shape index (κ2) is 7.66. The van der Waals surface area contributed by atoms with E-state index < -0.39 is 32.6 Å². The zero-order valence-electron chi connectivity index (χ0n) is 15.1. The predicted octanol–water partition coefficient (Wildman–Crippen LogP) is 4.04. The Bertz CT molecular complexity index is 1070. The van der Waals surface area contributed by atoms with Gasteiger partial charge in [-0.15, -0.1) is 0 Å². The number of nitrogens with zero attached hydrogens (tertiary/aromatic N) is 2. The predicted molar refractivity (Wildman–Crippen MR) is 105 cm³/mol. The van der Waals surface area contributed by atoms with Gasteiger partial charge in [0.05, 0.1) is 10.2 Å². The summed E-state index contributed by atoms with van der Waals surface area (Å²) in [5, 5.41) is 0. The molecule has 0 spiro atoms. The molecule has 0 bridgehead atoms. The number of hydrogen-bond acceptors (Lipinski definition) is 4. The van der Waals surface area contributed by atoms with Gasteiger partial charge in [0, 0.05) is 24.7 Å². The number of hydrogen-bond donors (Lipinski definition) is 0. The van der Waals surface area contributed by atoms with Gasteiger partial charge >= 0.3 is 6.09 Å². The van der Waals surface area contributed by atoms with Crippen molar-refractivity contribution in [1.29, 1.82) is 0 Å². The number of anilines is 1. The van der Waals surface area contributed by atoms with Gasteiger partial charge < -0.3 is 4.74 Å². The maximum absolute atomic E-state index is 14.2. The number of halogens is 3. The highest BCUT2D eigenvalue weighted by atomic mass is 79.9. The highest BCUT2D eigenvalue weighted by molar-refractivity contribution is 9.10. The van der Waals surface area contributed by atoms with E-state index in [1.165, 1.54) is 0 Å². The lowest BCUT2D eigenvalue weighted by Gasteiger charge is -2.39. The van der Waals surface area contributed by atoms with Crippen LogP contribution in [0.3, 0.4) is 0 Å². The summed E-state index contributed by atoms with van der Waals surface area (Å²) >= 11 is 2.84. The third kappa shape index (κ3) is 3.64. The van der Waals surface area contributed by atoms with Gasteiger partial charge in [-0.1, -0.05) is 18.2 Å². The van der Waals surface area contributed by atoms with Crippen LogP contribution >= 0.6 is 15.9 Å². The van der Waals surface area contributed by atoms with Crippen molar-refractivity contribution in [3.05, 3.63) is 58.1 Å². The third-order valence-electron chi connectivity index (χ3n) is 5.18. The molecule has 2 aliphatic rings. The zero-order chi connectivity index (χ0) is 20.8. The van der Waals surface area contributed by atoms with Gasteiger partial charge in [-0.2, -0.15) is 4.31 Å². The Morgan fingerprint density at radius 1 is 1.07 bits per heavy atom. The number of piperidine rings is 1. The number of amides is 1. The molecule has 0 aliphatic carbocycles. The van der Waals surface area contributed by atoms with E-state index in [0.29, 0.717) is 18.9 Å². The van der Waals surface area contributed by atoms with Crippen LogP contribution in [0.25, 0.3) is 0 Å². The minimum atomic E-state index is -4.20. The standard InChI is InChI=1S/C19H17BrF2N2O4S/c20-14-9-16(22)18(10-15(14)21)29(26,27)23-7-5-13(6-8-23)24-17-4-2-1-3-12(17)11-28-19(24)25/h1-4,9-10,13H,5-8,11H2. The van der Waals surface area contributed by atoms with Crippen LogP contribution in [0.4, 0.5) is 19.3 Å². The molecule has 0 N–H and O–H groups in total. The van der Waals surface area contributed by atoms with Crippen LogP contribution in [-0.4, -0.2) is 37.9 Å². The second-order valence-electron chi connectivity index (χ2n) is 6.89. The van der Waals surface area contributed by atoms with Gasteiger partial charge in [-0.3, -0.25) is 4.90 Å². The van der Waals surface area contributed by atoms with Crippen molar-refractivity contribution >= 4 is 37.7 Å². The number of para-hydroxylation sites is 1. The largest absolute Gasteiger partial charge is 0.444 e. The molecule has 2 aromatic rings. The van der Waals surface area contributed by atoms with Crippen molar-refractivity contribution < 1.29 is 26.7 Å². The fourth-order valence-electron chi connectivity index (χ4n) is 3.70. The zero-order valence-corrected chi connectivity index (χ0v) is 17.5. The number of ether oxygens (including phenoxy) is 1. The molecule has 6 nitrogen and oxygen atoms in total.